The lowest BCUT2D eigenvalue weighted by Crippen LogP contribution is -2.51. The van der Waals surface area contributed by atoms with Gasteiger partial charge in [0.05, 0.1) is 12.7 Å². The average Bonchev–Trinajstić information content (AvgIpc) is 2.52. The predicted octanol–water partition coefficient (Wildman–Crippen LogP) is 1.84. The van der Waals surface area contributed by atoms with Gasteiger partial charge in [0.25, 0.3) is 0 Å². The molecule has 0 aromatic rings. The topological polar surface area (TPSA) is 48.9 Å². The molecule has 1 saturated carbocycles. The highest BCUT2D eigenvalue weighted by atomic mass is 16.5. The number of ether oxygens (including phenoxy) is 1. The molecule has 2 fully saturated rings. The van der Waals surface area contributed by atoms with E-state index in [0.29, 0.717) is 12.0 Å². The molecule has 1 heterocycles. The van der Waals surface area contributed by atoms with Gasteiger partial charge in [0.2, 0.25) is 0 Å². The Kier molecular flexibility index (Phi) is 7.46. The molecule has 1 unspecified atom stereocenters. The first-order valence-electron chi connectivity index (χ1n) is 8.98. The highest BCUT2D eigenvalue weighted by Gasteiger charge is 2.21. The SMILES string of the molecule is CN=C(NCC1CN(CC(C)C)CCO1)NC1CCCCC1. The number of rotatable bonds is 5. The van der Waals surface area contributed by atoms with Crippen LogP contribution in [0.25, 0.3) is 0 Å². The minimum Gasteiger partial charge on any atom is -0.374 e. The van der Waals surface area contributed by atoms with Gasteiger partial charge in [-0.05, 0) is 18.8 Å². The summed E-state index contributed by atoms with van der Waals surface area (Å²) in [5.74, 6) is 1.64. The first kappa shape index (κ1) is 17.5. The maximum Gasteiger partial charge on any atom is 0.191 e. The fourth-order valence-corrected chi connectivity index (χ4v) is 3.43. The second-order valence-electron chi connectivity index (χ2n) is 7.08. The van der Waals surface area contributed by atoms with E-state index in [9.17, 15) is 0 Å². The largest absolute Gasteiger partial charge is 0.374 e. The van der Waals surface area contributed by atoms with E-state index in [4.69, 9.17) is 4.74 Å². The van der Waals surface area contributed by atoms with E-state index >= 15 is 0 Å². The van der Waals surface area contributed by atoms with Crippen molar-refractivity contribution in [2.75, 3.05) is 39.8 Å². The average molecular weight is 310 g/mol. The minimum absolute atomic E-state index is 0.261. The third-order valence-electron chi connectivity index (χ3n) is 4.51. The lowest BCUT2D eigenvalue weighted by atomic mass is 9.96. The van der Waals surface area contributed by atoms with Crippen LogP contribution >= 0.6 is 0 Å². The van der Waals surface area contributed by atoms with Crippen LogP contribution in [-0.2, 0) is 4.74 Å². The molecule has 0 aromatic heterocycles. The molecular formula is C17H34N4O. The zero-order chi connectivity index (χ0) is 15.8. The molecular weight excluding hydrogens is 276 g/mol. The molecule has 2 rings (SSSR count). The predicted molar refractivity (Wildman–Crippen MR) is 92.4 cm³/mol. The van der Waals surface area contributed by atoms with Crippen LogP contribution in [0, 0.1) is 5.92 Å². The number of guanidine groups is 1. The van der Waals surface area contributed by atoms with Crippen LogP contribution in [0.4, 0.5) is 0 Å². The summed E-state index contributed by atoms with van der Waals surface area (Å²) < 4.78 is 5.89. The Balaban J connectivity index is 1.70. The normalized spacial score (nSPS) is 25.5. The summed E-state index contributed by atoms with van der Waals surface area (Å²) in [6.07, 6.45) is 6.85. The quantitative estimate of drug-likeness (QED) is 0.601. The summed E-state index contributed by atoms with van der Waals surface area (Å²) in [5, 5.41) is 7.01. The van der Waals surface area contributed by atoms with Gasteiger partial charge in [-0.25, -0.2) is 0 Å². The monoisotopic (exact) mass is 310 g/mol. The molecule has 1 aliphatic carbocycles. The van der Waals surface area contributed by atoms with Crippen molar-refractivity contribution in [3.8, 4) is 0 Å². The van der Waals surface area contributed by atoms with E-state index in [2.05, 4.69) is 34.4 Å². The second-order valence-corrected chi connectivity index (χ2v) is 7.08. The van der Waals surface area contributed by atoms with Gasteiger partial charge in [-0.15, -0.1) is 0 Å². The molecule has 22 heavy (non-hydrogen) atoms. The van der Waals surface area contributed by atoms with Gasteiger partial charge in [-0.1, -0.05) is 33.1 Å². The molecule has 0 bridgehead atoms. The van der Waals surface area contributed by atoms with Crippen LogP contribution in [0.3, 0.4) is 0 Å². The van der Waals surface area contributed by atoms with Crippen LogP contribution in [-0.4, -0.2) is 62.8 Å². The minimum atomic E-state index is 0.261. The summed E-state index contributed by atoms with van der Waals surface area (Å²) in [4.78, 5) is 6.87. The number of morpholine rings is 1. The molecule has 1 atom stereocenters. The van der Waals surface area contributed by atoms with Crippen LogP contribution in [0.1, 0.15) is 46.0 Å². The number of aliphatic imine (C=N–C) groups is 1. The Morgan fingerprint density at radius 2 is 2.05 bits per heavy atom. The van der Waals surface area contributed by atoms with E-state index in [-0.39, 0.29) is 6.10 Å². The summed E-state index contributed by atoms with van der Waals surface area (Å²) in [6, 6.07) is 0.588. The summed E-state index contributed by atoms with van der Waals surface area (Å²) in [6.45, 7) is 9.47. The molecule has 5 heteroatoms. The Bertz CT molecular complexity index is 340. The zero-order valence-electron chi connectivity index (χ0n) is 14.6. The molecule has 2 N–H and O–H groups in total. The zero-order valence-corrected chi connectivity index (χ0v) is 14.6. The van der Waals surface area contributed by atoms with Gasteiger partial charge >= 0.3 is 0 Å². The molecule has 0 amide bonds. The fraction of sp³-hybridized carbons (Fsp3) is 0.941. The van der Waals surface area contributed by atoms with Crippen molar-refractivity contribution in [1.82, 2.24) is 15.5 Å². The van der Waals surface area contributed by atoms with Gasteiger partial charge in [-0.2, -0.15) is 0 Å². The molecule has 2 aliphatic rings. The smallest absolute Gasteiger partial charge is 0.191 e. The Morgan fingerprint density at radius 3 is 2.73 bits per heavy atom. The molecule has 1 aliphatic heterocycles. The van der Waals surface area contributed by atoms with E-state index < -0.39 is 0 Å². The lowest BCUT2D eigenvalue weighted by Gasteiger charge is -2.34. The lowest BCUT2D eigenvalue weighted by molar-refractivity contribution is -0.0284. The van der Waals surface area contributed by atoms with E-state index in [1.165, 1.54) is 32.1 Å². The highest BCUT2D eigenvalue weighted by molar-refractivity contribution is 5.79. The van der Waals surface area contributed by atoms with Crippen molar-refractivity contribution in [2.45, 2.75) is 58.1 Å². The van der Waals surface area contributed by atoms with E-state index in [1.807, 2.05) is 7.05 Å². The van der Waals surface area contributed by atoms with Gasteiger partial charge < -0.3 is 15.4 Å². The molecule has 128 valence electrons. The van der Waals surface area contributed by atoms with E-state index in [1.54, 1.807) is 0 Å². The summed E-state index contributed by atoms with van der Waals surface area (Å²) in [5.41, 5.74) is 0. The van der Waals surface area contributed by atoms with E-state index in [0.717, 1.165) is 38.7 Å². The molecule has 1 saturated heterocycles. The molecule has 0 spiro atoms. The molecule has 0 aromatic carbocycles. The molecule has 0 radical (unpaired) electrons. The fourth-order valence-electron chi connectivity index (χ4n) is 3.43. The van der Waals surface area contributed by atoms with Gasteiger partial charge in [0.1, 0.15) is 0 Å². The summed E-state index contributed by atoms with van der Waals surface area (Å²) >= 11 is 0. The standard InChI is InChI=1S/C17H34N4O/c1-14(2)12-21-9-10-22-16(13-21)11-19-17(18-3)20-15-7-5-4-6-8-15/h14-16H,4-13H2,1-3H3,(H2,18,19,20). The summed E-state index contributed by atoms with van der Waals surface area (Å²) in [7, 11) is 1.85. The van der Waals surface area contributed by atoms with Crippen molar-refractivity contribution in [2.24, 2.45) is 10.9 Å². The van der Waals surface area contributed by atoms with Crippen molar-refractivity contribution in [1.29, 1.82) is 0 Å². The van der Waals surface area contributed by atoms with Gasteiger partial charge in [0.15, 0.2) is 5.96 Å². The van der Waals surface area contributed by atoms with Crippen LogP contribution in [0.5, 0.6) is 0 Å². The van der Waals surface area contributed by atoms with Crippen molar-refractivity contribution in [3.05, 3.63) is 0 Å². The van der Waals surface area contributed by atoms with Crippen LogP contribution < -0.4 is 10.6 Å². The Labute approximate surface area is 135 Å². The number of nitrogens with one attached hydrogen (secondary N) is 2. The second kappa shape index (κ2) is 9.36. The molecule has 5 nitrogen and oxygen atoms in total. The maximum absolute atomic E-state index is 5.89. The Hall–Kier alpha value is -0.810. The number of nitrogens with zero attached hydrogens (tertiary/aromatic N) is 2. The first-order chi connectivity index (χ1) is 10.7. The van der Waals surface area contributed by atoms with Gasteiger partial charge in [0, 0.05) is 39.3 Å². The Morgan fingerprint density at radius 1 is 1.27 bits per heavy atom. The highest BCUT2D eigenvalue weighted by Crippen LogP contribution is 2.17. The first-order valence-corrected chi connectivity index (χ1v) is 8.98. The third-order valence-corrected chi connectivity index (χ3v) is 4.51. The number of hydrogen-bond acceptors (Lipinski definition) is 3. The van der Waals surface area contributed by atoms with Crippen LogP contribution in [0.2, 0.25) is 0 Å². The number of hydrogen-bond donors (Lipinski definition) is 2. The van der Waals surface area contributed by atoms with Crippen molar-refractivity contribution >= 4 is 5.96 Å². The van der Waals surface area contributed by atoms with Crippen molar-refractivity contribution in [3.63, 3.8) is 0 Å². The van der Waals surface area contributed by atoms with Gasteiger partial charge in [-0.3, -0.25) is 9.89 Å². The maximum atomic E-state index is 5.89. The van der Waals surface area contributed by atoms with Crippen molar-refractivity contribution < 1.29 is 4.74 Å². The third kappa shape index (κ3) is 6.13. The van der Waals surface area contributed by atoms with Crippen LogP contribution in [0.15, 0.2) is 4.99 Å².